The van der Waals surface area contributed by atoms with Gasteiger partial charge in [-0.15, -0.1) is 4.40 Å². The third-order valence-corrected chi connectivity index (χ3v) is 5.08. The van der Waals surface area contributed by atoms with Crippen LogP contribution in [0.2, 0.25) is 0 Å². The van der Waals surface area contributed by atoms with Crippen LogP contribution in [0.25, 0.3) is 4.91 Å². The molecule has 124 valence electrons. The minimum Gasteiger partial charge on any atom is -0.497 e. The topological polar surface area (TPSA) is 67.8 Å². The molecule has 5 nitrogen and oxygen atoms in total. The van der Waals surface area contributed by atoms with Crippen molar-refractivity contribution in [3.8, 4) is 5.75 Å². The number of nitrogens with one attached hydrogen (secondary N) is 1. The summed E-state index contributed by atoms with van der Waals surface area (Å²) in [6, 6.07) is 12.4. The second-order valence-electron chi connectivity index (χ2n) is 5.23. The highest BCUT2D eigenvalue weighted by Crippen LogP contribution is 2.33. The maximum absolute atomic E-state index is 13.1. The first-order valence-corrected chi connectivity index (χ1v) is 8.58. The fourth-order valence-electron chi connectivity index (χ4n) is 2.46. The lowest BCUT2D eigenvalue weighted by atomic mass is 10.1. The summed E-state index contributed by atoms with van der Waals surface area (Å²) in [7, 11) is -2.29. The molecular weight excluding hydrogens is 331 g/mol. The highest BCUT2D eigenvalue weighted by Gasteiger charge is 2.31. The molecule has 0 saturated carbocycles. The van der Waals surface area contributed by atoms with Gasteiger partial charge in [-0.2, -0.15) is 8.42 Å². The molecule has 0 fully saturated rings. The third-order valence-electron chi connectivity index (χ3n) is 3.60. The molecule has 0 bridgehead atoms. The molecule has 24 heavy (non-hydrogen) atoms. The SMILES string of the molecule is COc1cccc(NC2=NS(=O)(=O)C(c3ccc(F)cc3)=C2C)c1. The Morgan fingerprint density at radius 1 is 1.12 bits per heavy atom. The average molecular weight is 346 g/mol. The van der Waals surface area contributed by atoms with Crippen LogP contribution in [0.5, 0.6) is 5.75 Å². The molecule has 2 aromatic rings. The molecule has 0 unspecified atom stereocenters. The molecule has 0 saturated heterocycles. The van der Waals surface area contributed by atoms with E-state index in [4.69, 9.17) is 4.74 Å². The predicted molar refractivity (Wildman–Crippen MR) is 92.0 cm³/mol. The van der Waals surface area contributed by atoms with Crippen molar-refractivity contribution in [1.29, 1.82) is 0 Å². The van der Waals surface area contributed by atoms with Gasteiger partial charge in [0.05, 0.1) is 7.11 Å². The van der Waals surface area contributed by atoms with Crippen molar-refractivity contribution in [1.82, 2.24) is 0 Å². The van der Waals surface area contributed by atoms with Gasteiger partial charge >= 0.3 is 0 Å². The molecule has 7 heteroatoms. The zero-order valence-electron chi connectivity index (χ0n) is 13.1. The van der Waals surface area contributed by atoms with Crippen molar-refractivity contribution < 1.29 is 17.5 Å². The Morgan fingerprint density at radius 3 is 2.50 bits per heavy atom. The van der Waals surface area contributed by atoms with Crippen LogP contribution in [0, 0.1) is 5.82 Å². The number of anilines is 1. The molecule has 0 aromatic heterocycles. The van der Waals surface area contributed by atoms with Crippen LogP contribution in [-0.2, 0) is 10.0 Å². The molecular formula is C17H15FN2O3S. The van der Waals surface area contributed by atoms with E-state index in [-0.39, 0.29) is 10.7 Å². The molecule has 1 heterocycles. The highest BCUT2D eigenvalue weighted by molar-refractivity contribution is 8.00. The number of benzene rings is 2. The van der Waals surface area contributed by atoms with Gasteiger partial charge < -0.3 is 10.1 Å². The number of rotatable bonds is 3. The average Bonchev–Trinajstić information content (AvgIpc) is 2.77. The van der Waals surface area contributed by atoms with E-state index in [1.165, 1.54) is 24.3 Å². The number of hydrogen-bond donors (Lipinski definition) is 1. The predicted octanol–water partition coefficient (Wildman–Crippen LogP) is 3.42. The van der Waals surface area contributed by atoms with Crippen molar-refractivity contribution in [2.45, 2.75) is 6.92 Å². The van der Waals surface area contributed by atoms with Crippen molar-refractivity contribution in [2.75, 3.05) is 12.4 Å². The Bertz CT molecular complexity index is 948. The Balaban J connectivity index is 1.99. The Morgan fingerprint density at radius 2 is 1.83 bits per heavy atom. The van der Waals surface area contributed by atoms with E-state index in [0.29, 0.717) is 22.6 Å². The summed E-state index contributed by atoms with van der Waals surface area (Å²) in [5.74, 6) is 0.451. The van der Waals surface area contributed by atoms with Crippen LogP contribution in [0.1, 0.15) is 12.5 Å². The van der Waals surface area contributed by atoms with Crippen molar-refractivity contribution in [3.63, 3.8) is 0 Å². The lowest BCUT2D eigenvalue weighted by Gasteiger charge is -2.08. The summed E-state index contributed by atoms with van der Waals surface area (Å²) in [6.07, 6.45) is 0. The van der Waals surface area contributed by atoms with Gasteiger partial charge in [-0.3, -0.25) is 0 Å². The van der Waals surface area contributed by atoms with Crippen LogP contribution in [0.3, 0.4) is 0 Å². The molecule has 2 aromatic carbocycles. The number of nitrogens with zero attached hydrogens (tertiary/aromatic N) is 1. The van der Waals surface area contributed by atoms with Gasteiger partial charge in [0, 0.05) is 17.3 Å². The quantitative estimate of drug-likeness (QED) is 0.925. The van der Waals surface area contributed by atoms with Crippen LogP contribution < -0.4 is 10.1 Å². The summed E-state index contributed by atoms with van der Waals surface area (Å²) in [4.78, 5) is 0.0768. The van der Waals surface area contributed by atoms with E-state index in [2.05, 4.69) is 9.71 Å². The van der Waals surface area contributed by atoms with Gasteiger partial charge in [0.1, 0.15) is 22.3 Å². The zero-order chi connectivity index (χ0) is 17.3. The summed E-state index contributed by atoms with van der Waals surface area (Å²) < 4.78 is 46.8. The fraction of sp³-hybridized carbons (Fsp3) is 0.118. The normalized spacial score (nSPS) is 16.0. The standard InChI is InChI=1S/C17H15FN2O3S/c1-11-16(12-6-8-13(18)9-7-12)24(21,22)20-17(11)19-14-4-3-5-15(10-14)23-2/h3-10H,1-2H3,(H,19,20). The molecule has 0 spiro atoms. The first-order valence-electron chi connectivity index (χ1n) is 7.14. The maximum atomic E-state index is 13.1. The van der Waals surface area contributed by atoms with Gasteiger partial charge in [0.2, 0.25) is 0 Å². The van der Waals surface area contributed by atoms with Crippen LogP contribution >= 0.6 is 0 Å². The monoisotopic (exact) mass is 346 g/mol. The van der Waals surface area contributed by atoms with Crippen LogP contribution in [-0.4, -0.2) is 21.4 Å². The molecule has 0 atom stereocenters. The number of ether oxygens (including phenoxy) is 1. The summed E-state index contributed by atoms with van der Waals surface area (Å²) in [6.45, 7) is 1.66. The summed E-state index contributed by atoms with van der Waals surface area (Å²) in [5.41, 5.74) is 1.53. The lowest BCUT2D eigenvalue weighted by molar-refractivity contribution is 0.415. The van der Waals surface area contributed by atoms with Gasteiger partial charge in [-0.05, 0) is 36.8 Å². The lowest BCUT2D eigenvalue weighted by Crippen LogP contribution is -2.11. The molecule has 0 amide bonds. The van der Waals surface area contributed by atoms with E-state index >= 15 is 0 Å². The maximum Gasteiger partial charge on any atom is 0.285 e. The number of amidine groups is 1. The Labute approximate surface area is 139 Å². The van der Waals surface area contributed by atoms with Crippen molar-refractivity contribution in [3.05, 3.63) is 65.5 Å². The summed E-state index contributed by atoms with van der Waals surface area (Å²) >= 11 is 0. The fourth-order valence-corrected chi connectivity index (χ4v) is 3.89. The molecule has 1 aliphatic heterocycles. The largest absolute Gasteiger partial charge is 0.497 e. The molecule has 1 N–H and O–H groups in total. The Kier molecular flexibility index (Phi) is 4.11. The van der Waals surface area contributed by atoms with E-state index in [1.807, 2.05) is 0 Å². The second-order valence-corrected chi connectivity index (χ2v) is 6.77. The van der Waals surface area contributed by atoms with Gasteiger partial charge in [-0.1, -0.05) is 18.2 Å². The minimum absolute atomic E-state index is 0.0768. The highest BCUT2D eigenvalue weighted by atomic mass is 32.2. The van der Waals surface area contributed by atoms with Crippen LogP contribution in [0.4, 0.5) is 10.1 Å². The van der Waals surface area contributed by atoms with Gasteiger partial charge in [0.15, 0.2) is 0 Å². The minimum atomic E-state index is -3.84. The molecule has 0 aliphatic carbocycles. The zero-order valence-corrected chi connectivity index (χ0v) is 13.9. The summed E-state index contributed by atoms with van der Waals surface area (Å²) in [5, 5.41) is 2.99. The smallest absolute Gasteiger partial charge is 0.285 e. The van der Waals surface area contributed by atoms with Crippen molar-refractivity contribution >= 4 is 26.5 Å². The molecule has 1 aliphatic rings. The van der Waals surface area contributed by atoms with Gasteiger partial charge in [-0.25, -0.2) is 4.39 Å². The van der Waals surface area contributed by atoms with E-state index in [9.17, 15) is 12.8 Å². The number of halogens is 1. The Hall–Kier alpha value is -2.67. The second kappa shape index (κ2) is 6.09. The first-order chi connectivity index (χ1) is 11.4. The van der Waals surface area contributed by atoms with E-state index < -0.39 is 15.8 Å². The first kappa shape index (κ1) is 16.2. The van der Waals surface area contributed by atoms with Gasteiger partial charge in [0.25, 0.3) is 10.0 Å². The molecule has 3 rings (SSSR count). The third kappa shape index (κ3) is 3.03. The molecule has 0 radical (unpaired) electrons. The van der Waals surface area contributed by atoms with E-state index in [0.717, 1.165) is 0 Å². The number of sulfonamides is 1. The van der Waals surface area contributed by atoms with Crippen molar-refractivity contribution in [2.24, 2.45) is 4.40 Å². The van der Waals surface area contributed by atoms with Crippen LogP contribution in [0.15, 0.2) is 58.5 Å². The number of hydrogen-bond acceptors (Lipinski definition) is 4. The number of methoxy groups -OCH3 is 1. The van der Waals surface area contributed by atoms with E-state index in [1.54, 1.807) is 38.3 Å².